The van der Waals surface area contributed by atoms with Gasteiger partial charge in [-0.1, -0.05) is 17.7 Å². The van der Waals surface area contributed by atoms with E-state index in [2.05, 4.69) is 10.3 Å². The van der Waals surface area contributed by atoms with Gasteiger partial charge in [-0.25, -0.2) is 4.98 Å². The van der Waals surface area contributed by atoms with E-state index >= 15 is 0 Å². The Morgan fingerprint density at radius 2 is 1.90 bits per heavy atom. The molecule has 0 aliphatic rings. The molecule has 0 bridgehead atoms. The zero-order valence-electron chi connectivity index (χ0n) is 16.0. The molecule has 0 unspecified atom stereocenters. The normalized spacial score (nSPS) is 11.1. The highest BCUT2D eigenvalue weighted by molar-refractivity contribution is 6.02. The number of nitrogens with zero attached hydrogens (tertiary/aromatic N) is 2. The number of hydrogen-bond acceptors (Lipinski definition) is 5. The summed E-state index contributed by atoms with van der Waals surface area (Å²) in [5.41, 5.74) is 4.54. The van der Waals surface area contributed by atoms with Crippen molar-refractivity contribution in [1.29, 1.82) is 0 Å². The van der Waals surface area contributed by atoms with Crippen LogP contribution in [-0.2, 0) is 4.79 Å². The highest BCUT2D eigenvalue weighted by Gasteiger charge is 2.10. The van der Waals surface area contributed by atoms with E-state index in [4.69, 9.17) is 4.42 Å². The first-order valence-electron chi connectivity index (χ1n) is 9.19. The van der Waals surface area contributed by atoms with Gasteiger partial charge in [-0.3, -0.25) is 14.9 Å². The molecule has 0 saturated heterocycles. The maximum absolute atomic E-state index is 12.2. The monoisotopic (exact) mass is 399 g/mol. The van der Waals surface area contributed by atoms with Crippen LogP contribution in [0.25, 0.3) is 28.6 Å². The molecule has 1 amide bonds. The summed E-state index contributed by atoms with van der Waals surface area (Å²) >= 11 is 0. The molecule has 7 heteroatoms. The van der Waals surface area contributed by atoms with Crippen molar-refractivity contribution < 1.29 is 14.1 Å². The van der Waals surface area contributed by atoms with Crippen LogP contribution in [0.15, 0.2) is 77.2 Å². The third-order valence-corrected chi connectivity index (χ3v) is 4.45. The van der Waals surface area contributed by atoms with Gasteiger partial charge in [0, 0.05) is 35.5 Å². The molecule has 0 spiro atoms. The highest BCUT2D eigenvalue weighted by Crippen LogP contribution is 2.26. The summed E-state index contributed by atoms with van der Waals surface area (Å²) < 4.78 is 5.86. The van der Waals surface area contributed by atoms with Gasteiger partial charge in [0.25, 0.3) is 5.69 Å². The predicted molar refractivity (Wildman–Crippen MR) is 115 cm³/mol. The largest absolute Gasteiger partial charge is 0.436 e. The Morgan fingerprint density at radius 3 is 2.63 bits per heavy atom. The number of aryl methyl sites for hydroxylation is 1. The van der Waals surface area contributed by atoms with Gasteiger partial charge >= 0.3 is 0 Å². The number of oxazole rings is 1. The molecule has 4 aromatic rings. The van der Waals surface area contributed by atoms with Crippen molar-refractivity contribution in [2.75, 3.05) is 5.32 Å². The van der Waals surface area contributed by atoms with E-state index in [1.165, 1.54) is 18.2 Å². The number of nitro groups is 1. The Balaban J connectivity index is 1.48. The maximum atomic E-state index is 12.2. The van der Waals surface area contributed by atoms with Crippen LogP contribution < -0.4 is 5.32 Å². The molecule has 1 heterocycles. The number of aromatic nitrogens is 1. The fraction of sp³-hybridized carbons (Fsp3) is 0.0435. The van der Waals surface area contributed by atoms with Crippen LogP contribution in [0.3, 0.4) is 0 Å². The fourth-order valence-electron chi connectivity index (χ4n) is 2.97. The van der Waals surface area contributed by atoms with Crippen LogP contribution in [0.4, 0.5) is 11.4 Å². The van der Waals surface area contributed by atoms with Gasteiger partial charge in [0.15, 0.2) is 5.58 Å². The SMILES string of the molecule is Cc1cccc(-c2nc3ccc(NC(=O)/C=C/c4ccc([N+](=O)[O-])cc4)cc3o2)c1. The van der Waals surface area contributed by atoms with E-state index in [0.29, 0.717) is 28.2 Å². The lowest BCUT2D eigenvalue weighted by atomic mass is 10.1. The Labute approximate surface area is 171 Å². The number of non-ortho nitro benzene ring substituents is 1. The Bertz CT molecular complexity index is 1270. The molecule has 0 saturated carbocycles. The molecule has 7 nitrogen and oxygen atoms in total. The molecule has 1 N–H and O–H groups in total. The van der Waals surface area contributed by atoms with E-state index in [0.717, 1.165) is 11.1 Å². The minimum absolute atomic E-state index is 0.00185. The van der Waals surface area contributed by atoms with E-state index in [9.17, 15) is 14.9 Å². The molecule has 0 atom stereocenters. The second-order valence-corrected chi connectivity index (χ2v) is 6.74. The molecular formula is C23H17N3O4. The quantitative estimate of drug-likeness (QED) is 0.277. The second-order valence-electron chi connectivity index (χ2n) is 6.74. The Morgan fingerprint density at radius 1 is 1.10 bits per heavy atom. The molecular weight excluding hydrogens is 382 g/mol. The van der Waals surface area contributed by atoms with Crippen LogP contribution in [-0.4, -0.2) is 15.8 Å². The fourth-order valence-corrected chi connectivity index (χ4v) is 2.97. The van der Waals surface area contributed by atoms with Crippen molar-refractivity contribution in [2.45, 2.75) is 6.92 Å². The molecule has 0 radical (unpaired) electrons. The minimum atomic E-state index is -0.468. The summed E-state index contributed by atoms with van der Waals surface area (Å²) in [4.78, 5) is 26.9. The first kappa shape index (κ1) is 19.1. The van der Waals surface area contributed by atoms with Gasteiger partial charge in [0.1, 0.15) is 5.52 Å². The number of amides is 1. The van der Waals surface area contributed by atoms with Crippen LogP contribution in [0.5, 0.6) is 0 Å². The van der Waals surface area contributed by atoms with Crippen molar-refractivity contribution in [2.24, 2.45) is 0 Å². The van der Waals surface area contributed by atoms with E-state index < -0.39 is 4.92 Å². The van der Waals surface area contributed by atoms with Crippen molar-refractivity contribution in [1.82, 2.24) is 4.98 Å². The Kier molecular flexibility index (Phi) is 5.09. The second kappa shape index (κ2) is 8.00. The number of hydrogen-bond donors (Lipinski definition) is 1. The van der Waals surface area contributed by atoms with Crippen molar-refractivity contribution in [3.8, 4) is 11.5 Å². The van der Waals surface area contributed by atoms with Crippen molar-refractivity contribution in [3.05, 3.63) is 94.0 Å². The average molecular weight is 399 g/mol. The number of carbonyl (C=O) groups is 1. The van der Waals surface area contributed by atoms with Gasteiger partial charge in [0.05, 0.1) is 4.92 Å². The van der Waals surface area contributed by atoms with Crippen LogP contribution in [0.1, 0.15) is 11.1 Å². The molecule has 0 aliphatic heterocycles. The molecule has 0 aliphatic carbocycles. The van der Waals surface area contributed by atoms with E-state index in [1.54, 1.807) is 36.4 Å². The van der Waals surface area contributed by atoms with Crippen molar-refractivity contribution in [3.63, 3.8) is 0 Å². The number of carbonyl (C=O) groups excluding carboxylic acids is 1. The zero-order valence-corrected chi connectivity index (χ0v) is 16.0. The molecule has 1 aromatic heterocycles. The summed E-state index contributed by atoms with van der Waals surface area (Å²) in [6.07, 6.45) is 2.95. The zero-order chi connectivity index (χ0) is 21.1. The molecule has 3 aromatic carbocycles. The smallest absolute Gasteiger partial charge is 0.269 e. The molecule has 30 heavy (non-hydrogen) atoms. The van der Waals surface area contributed by atoms with E-state index in [-0.39, 0.29) is 11.6 Å². The Hall–Kier alpha value is -4.26. The number of anilines is 1. The van der Waals surface area contributed by atoms with Crippen LogP contribution in [0, 0.1) is 17.0 Å². The van der Waals surface area contributed by atoms with E-state index in [1.807, 2.05) is 31.2 Å². The number of rotatable bonds is 5. The summed E-state index contributed by atoms with van der Waals surface area (Å²) in [5.74, 6) is 0.196. The van der Waals surface area contributed by atoms with Gasteiger partial charge in [-0.15, -0.1) is 0 Å². The minimum Gasteiger partial charge on any atom is -0.436 e. The first-order valence-corrected chi connectivity index (χ1v) is 9.19. The number of nitro benzene ring substituents is 1. The van der Waals surface area contributed by atoms with Crippen molar-refractivity contribution >= 4 is 34.5 Å². The van der Waals surface area contributed by atoms with Gasteiger partial charge < -0.3 is 9.73 Å². The molecule has 4 rings (SSSR count). The molecule has 148 valence electrons. The number of fused-ring (bicyclic) bond motifs is 1. The summed E-state index contributed by atoms with van der Waals surface area (Å²) in [6, 6.07) is 19.1. The third kappa shape index (κ3) is 4.25. The maximum Gasteiger partial charge on any atom is 0.269 e. The van der Waals surface area contributed by atoms with Crippen LogP contribution >= 0.6 is 0 Å². The number of benzene rings is 3. The lowest BCUT2D eigenvalue weighted by Gasteiger charge is -2.01. The standard InChI is InChI=1S/C23H17N3O4/c1-15-3-2-4-17(13-15)23-25-20-11-8-18(14-21(20)30-23)24-22(27)12-7-16-5-9-19(10-6-16)26(28)29/h2-14H,1H3,(H,24,27)/b12-7+. The number of nitrogens with one attached hydrogen (secondary N) is 1. The lowest BCUT2D eigenvalue weighted by Crippen LogP contribution is -2.07. The lowest BCUT2D eigenvalue weighted by molar-refractivity contribution is -0.384. The summed E-state index contributed by atoms with van der Waals surface area (Å²) in [5, 5.41) is 13.5. The highest BCUT2D eigenvalue weighted by atomic mass is 16.6. The third-order valence-electron chi connectivity index (χ3n) is 4.45. The average Bonchev–Trinajstić information content (AvgIpc) is 3.16. The first-order chi connectivity index (χ1) is 14.5. The summed E-state index contributed by atoms with van der Waals surface area (Å²) in [6.45, 7) is 2.00. The van der Waals surface area contributed by atoms with Gasteiger partial charge in [0.2, 0.25) is 11.8 Å². The van der Waals surface area contributed by atoms with Gasteiger partial charge in [-0.2, -0.15) is 0 Å². The topological polar surface area (TPSA) is 98.3 Å². The van der Waals surface area contributed by atoms with Gasteiger partial charge in [-0.05, 0) is 55.0 Å². The molecule has 0 fully saturated rings. The van der Waals surface area contributed by atoms with Crippen LogP contribution in [0.2, 0.25) is 0 Å². The summed E-state index contributed by atoms with van der Waals surface area (Å²) in [7, 11) is 0. The predicted octanol–water partition coefficient (Wildman–Crippen LogP) is 5.36.